The summed E-state index contributed by atoms with van der Waals surface area (Å²) in [6.45, 7) is 2.35. The lowest BCUT2D eigenvalue weighted by molar-refractivity contribution is 0.104. The van der Waals surface area contributed by atoms with Crippen molar-refractivity contribution in [2.75, 3.05) is 0 Å². The zero-order chi connectivity index (χ0) is 35.0. The summed E-state index contributed by atoms with van der Waals surface area (Å²) in [5.41, 5.74) is 14.5. The van der Waals surface area contributed by atoms with Gasteiger partial charge in [0.05, 0.1) is 16.7 Å². The first-order chi connectivity index (χ1) is 26.1. The summed E-state index contributed by atoms with van der Waals surface area (Å²) in [5, 5.41) is 2.35. The van der Waals surface area contributed by atoms with Crippen LogP contribution in [0.4, 0.5) is 0 Å². The van der Waals surface area contributed by atoms with Crippen LogP contribution in [0.1, 0.15) is 39.5 Å². The standard InChI is InChI=1S/C48H28N4O/c1-48-29-15-9-14-28(24-29)46-49-45(27-12-3-2-4-13-27)50-47(51-46)34-20-10-18-32-42(34)43-33(44(32)53)19-11-23-40(43)52-39-22-8-6-17-31(39)36-25-35(38(48)26-41(36)52)30-16-5-7-21-37(30)48/h2-26H,1H3. The highest BCUT2D eigenvalue weighted by atomic mass is 16.1. The number of benzene rings is 7. The zero-order valence-electron chi connectivity index (χ0n) is 28.6. The average molecular weight is 677 g/mol. The third-order valence-corrected chi connectivity index (χ3v) is 11.8. The van der Waals surface area contributed by atoms with Crippen LogP contribution in [0.2, 0.25) is 0 Å². The molecule has 9 aromatic rings. The molecule has 0 amide bonds. The average Bonchev–Trinajstić information content (AvgIpc) is 3.80. The van der Waals surface area contributed by atoms with E-state index in [0.29, 0.717) is 28.6 Å². The van der Waals surface area contributed by atoms with Gasteiger partial charge in [0.25, 0.3) is 0 Å². The van der Waals surface area contributed by atoms with Crippen LogP contribution in [-0.2, 0) is 5.41 Å². The van der Waals surface area contributed by atoms with Gasteiger partial charge < -0.3 is 4.57 Å². The number of rotatable bonds is 1. The van der Waals surface area contributed by atoms with Gasteiger partial charge in [0, 0.05) is 55.1 Å². The van der Waals surface area contributed by atoms with Crippen molar-refractivity contribution < 1.29 is 4.79 Å². The number of para-hydroxylation sites is 1. The van der Waals surface area contributed by atoms with Crippen molar-refractivity contribution in [3.63, 3.8) is 0 Å². The molecule has 53 heavy (non-hydrogen) atoms. The van der Waals surface area contributed by atoms with Gasteiger partial charge in [-0.3, -0.25) is 4.79 Å². The topological polar surface area (TPSA) is 60.7 Å². The zero-order valence-corrected chi connectivity index (χ0v) is 28.6. The summed E-state index contributed by atoms with van der Waals surface area (Å²) in [6.07, 6.45) is 0. The minimum atomic E-state index is -0.472. The third-order valence-electron chi connectivity index (χ3n) is 11.8. The van der Waals surface area contributed by atoms with Crippen LogP contribution < -0.4 is 0 Å². The molecule has 1 unspecified atom stereocenters. The maximum absolute atomic E-state index is 14.4. The first-order valence-electron chi connectivity index (χ1n) is 18.0. The quantitative estimate of drug-likeness (QED) is 0.174. The van der Waals surface area contributed by atoms with E-state index in [0.717, 1.165) is 44.5 Å². The molecule has 2 aromatic heterocycles. The Labute approximate surface area is 304 Å². The second-order valence-electron chi connectivity index (χ2n) is 14.4. The molecular weight excluding hydrogens is 649 g/mol. The Morgan fingerprint density at radius 2 is 1.13 bits per heavy atom. The molecule has 5 nitrogen and oxygen atoms in total. The highest BCUT2D eigenvalue weighted by Gasteiger charge is 2.42. The van der Waals surface area contributed by atoms with Crippen molar-refractivity contribution in [1.82, 2.24) is 19.5 Å². The van der Waals surface area contributed by atoms with E-state index < -0.39 is 5.41 Å². The van der Waals surface area contributed by atoms with Crippen LogP contribution in [-0.4, -0.2) is 25.3 Å². The largest absolute Gasteiger partial charge is 0.309 e. The Morgan fingerprint density at radius 3 is 2.02 bits per heavy atom. The van der Waals surface area contributed by atoms with Gasteiger partial charge >= 0.3 is 0 Å². The maximum Gasteiger partial charge on any atom is 0.194 e. The molecule has 3 heterocycles. The summed E-state index contributed by atoms with van der Waals surface area (Å²) in [4.78, 5) is 29.9. The van der Waals surface area contributed by atoms with Crippen molar-refractivity contribution in [3.05, 3.63) is 179 Å². The Morgan fingerprint density at radius 1 is 0.472 bits per heavy atom. The summed E-state index contributed by atoms with van der Waals surface area (Å²) < 4.78 is 2.37. The number of carbonyl (C=O) groups is 1. The van der Waals surface area contributed by atoms with Crippen LogP contribution in [0.25, 0.3) is 83.9 Å². The molecule has 1 atom stereocenters. The van der Waals surface area contributed by atoms with Crippen molar-refractivity contribution in [2.24, 2.45) is 0 Å². The lowest BCUT2D eigenvalue weighted by Crippen LogP contribution is -2.22. The first kappa shape index (κ1) is 28.7. The molecule has 0 N–H and O–H groups in total. The fourth-order valence-corrected chi connectivity index (χ4v) is 9.35. The smallest absolute Gasteiger partial charge is 0.194 e. The highest BCUT2D eigenvalue weighted by Crippen LogP contribution is 2.55. The number of hydrogen-bond acceptors (Lipinski definition) is 4. The molecule has 0 saturated carbocycles. The van der Waals surface area contributed by atoms with Gasteiger partial charge in [-0.15, -0.1) is 0 Å². The molecule has 0 radical (unpaired) electrons. The van der Waals surface area contributed by atoms with Crippen molar-refractivity contribution >= 4 is 27.6 Å². The Balaban J connectivity index is 1.30. The number of carbonyl (C=O) groups excluding carboxylic acids is 1. The molecule has 5 heteroatoms. The monoisotopic (exact) mass is 676 g/mol. The number of fused-ring (bicyclic) bond motifs is 14. The minimum absolute atomic E-state index is 0.00904. The summed E-state index contributed by atoms with van der Waals surface area (Å²) in [6, 6.07) is 53.1. The highest BCUT2D eigenvalue weighted by molar-refractivity contribution is 6.25. The van der Waals surface area contributed by atoms with E-state index in [2.05, 4.69) is 102 Å². The van der Waals surface area contributed by atoms with Gasteiger partial charge in [-0.1, -0.05) is 121 Å². The normalized spacial score (nSPS) is 15.8. The van der Waals surface area contributed by atoms with Crippen LogP contribution >= 0.6 is 0 Å². The van der Waals surface area contributed by atoms with Crippen molar-refractivity contribution in [1.29, 1.82) is 0 Å². The van der Waals surface area contributed by atoms with Crippen LogP contribution in [0.5, 0.6) is 0 Å². The van der Waals surface area contributed by atoms with E-state index in [1.54, 1.807) is 0 Å². The van der Waals surface area contributed by atoms with Gasteiger partial charge in [0.1, 0.15) is 0 Å². The van der Waals surface area contributed by atoms with Crippen LogP contribution in [0.15, 0.2) is 152 Å². The van der Waals surface area contributed by atoms with E-state index in [4.69, 9.17) is 15.0 Å². The molecular formula is C48H28N4O. The molecule has 12 rings (SSSR count). The van der Waals surface area contributed by atoms with E-state index >= 15 is 0 Å². The molecule has 246 valence electrons. The molecule has 0 saturated heterocycles. The van der Waals surface area contributed by atoms with Crippen molar-refractivity contribution in [3.8, 4) is 62.1 Å². The fourth-order valence-electron chi connectivity index (χ4n) is 9.35. The van der Waals surface area contributed by atoms with Gasteiger partial charge in [-0.2, -0.15) is 0 Å². The van der Waals surface area contributed by atoms with Gasteiger partial charge in [0.2, 0.25) is 0 Å². The summed E-state index contributed by atoms with van der Waals surface area (Å²) in [5.74, 6) is 1.71. The predicted molar refractivity (Wildman–Crippen MR) is 210 cm³/mol. The number of ketones is 1. The Kier molecular flexibility index (Phi) is 5.46. The number of aromatic nitrogens is 4. The lowest BCUT2D eigenvalue weighted by Gasteiger charge is -2.29. The van der Waals surface area contributed by atoms with Crippen molar-refractivity contribution in [2.45, 2.75) is 12.3 Å². The molecule has 1 aliphatic heterocycles. The lowest BCUT2D eigenvalue weighted by atomic mass is 9.74. The third kappa shape index (κ3) is 3.65. The molecule has 2 aliphatic carbocycles. The molecule has 7 aromatic carbocycles. The predicted octanol–water partition coefficient (Wildman–Crippen LogP) is 10.8. The van der Waals surface area contributed by atoms with E-state index in [1.165, 1.54) is 38.6 Å². The van der Waals surface area contributed by atoms with E-state index in [1.807, 2.05) is 60.7 Å². The minimum Gasteiger partial charge on any atom is -0.309 e. The van der Waals surface area contributed by atoms with Crippen LogP contribution in [0.3, 0.4) is 0 Å². The van der Waals surface area contributed by atoms with E-state index in [9.17, 15) is 4.79 Å². The molecule has 0 fully saturated rings. The van der Waals surface area contributed by atoms with E-state index in [-0.39, 0.29) is 5.78 Å². The van der Waals surface area contributed by atoms with Gasteiger partial charge in [0.15, 0.2) is 23.3 Å². The molecule has 6 bridgehead atoms. The number of nitrogens with zero attached hydrogens (tertiary/aromatic N) is 4. The summed E-state index contributed by atoms with van der Waals surface area (Å²) >= 11 is 0. The summed E-state index contributed by atoms with van der Waals surface area (Å²) in [7, 11) is 0. The molecule has 3 aliphatic rings. The Bertz CT molecular complexity index is 3100. The second-order valence-corrected chi connectivity index (χ2v) is 14.4. The second kappa shape index (κ2) is 10.1. The number of hydrogen-bond donors (Lipinski definition) is 0. The Hall–Kier alpha value is -6.98. The van der Waals surface area contributed by atoms with Gasteiger partial charge in [-0.25, -0.2) is 15.0 Å². The van der Waals surface area contributed by atoms with Crippen LogP contribution in [0, 0.1) is 0 Å². The molecule has 0 spiro atoms. The maximum atomic E-state index is 14.4. The van der Waals surface area contributed by atoms with Gasteiger partial charge in [-0.05, 0) is 65.1 Å². The SMILES string of the molecule is CC12c3cccc(c3)-c3nc(-c4ccccc4)nc(n3)-c3cccc4c3-c3c(cccc3-n3c5ccccc5c5cc(c1cc53)-c1ccccc12)C4=O. The first-order valence-corrected chi connectivity index (χ1v) is 18.0. The fraction of sp³-hybridized carbons (Fsp3) is 0.0417.